The number of amides is 1. The third-order valence-corrected chi connectivity index (χ3v) is 6.70. The zero-order valence-corrected chi connectivity index (χ0v) is 15.2. The summed E-state index contributed by atoms with van der Waals surface area (Å²) >= 11 is 5.92. The van der Waals surface area contributed by atoms with Gasteiger partial charge in [-0.15, -0.1) is 0 Å². The monoisotopic (exact) mass is 376 g/mol. The van der Waals surface area contributed by atoms with Gasteiger partial charge in [0.2, 0.25) is 15.9 Å². The number of carbonyl (C=O) groups is 1. The Morgan fingerprint density at radius 1 is 1.12 bits per heavy atom. The van der Waals surface area contributed by atoms with E-state index in [2.05, 4.69) is 4.72 Å². The van der Waals surface area contributed by atoms with Gasteiger partial charge in [-0.25, -0.2) is 13.1 Å². The highest BCUT2D eigenvalue weighted by atomic mass is 35.5. The number of nitrogens with zero attached hydrogens (tertiary/aromatic N) is 1. The van der Waals surface area contributed by atoms with Crippen LogP contribution in [0.2, 0.25) is 5.02 Å². The van der Waals surface area contributed by atoms with Crippen LogP contribution in [0.5, 0.6) is 0 Å². The quantitative estimate of drug-likeness (QED) is 0.892. The maximum Gasteiger partial charge on any atom is 0.241 e. The standard InChI is InChI=1S/C18H17ClN2O3S/c1-21-16-7-6-15(10-12(16)11-17(21)22)25(23,24)20-18(8-9-18)13-2-4-14(19)5-3-13/h2-7,10,20H,8-9,11H2,1H3. The number of fused-ring (bicyclic) bond motifs is 1. The largest absolute Gasteiger partial charge is 0.315 e. The number of anilines is 1. The third kappa shape index (κ3) is 2.84. The molecule has 0 radical (unpaired) electrons. The molecule has 130 valence electrons. The van der Waals surface area contributed by atoms with Crippen molar-refractivity contribution < 1.29 is 13.2 Å². The van der Waals surface area contributed by atoms with Crippen LogP contribution in [0, 0.1) is 0 Å². The highest BCUT2D eigenvalue weighted by molar-refractivity contribution is 7.89. The lowest BCUT2D eigenvalue weighted by Crippen LogP contribution is -2.34. The minimum absolute atomic E-state index is 0.0302. The molecule has 1 fully saturated rings. The molecule has 1 heterocycles. The summed E-state index contributed by atoms with van der Waals surface area (Å²) < 4.78 is 28.6. The number of hydrogen-bond donors (Lipinski definition) is 1. The predicted molar refractivity (Wildman–Crippen MR) is 96.2 cm³/mol. The molecule has 0 saturated heterocycles. The maximum atomic E-state index is 12.9. The van der Waals surface area contributed by atoms with Crippen molar-refractivity contribution >= 4 is 33.2 Å². The number of sulfonamides is 1. The zero-order valence-electron chi connectivity index (χ0n) is 13.6. The number of halogens is 1. The van der Waals surface area contributed by atoms with Crippen LogP contribution in [0.3, 0.4) is 0 Å². The average molecular weight is 377 g/mol. The van der Waals surface area contributed by atoms with E-state index < -0.39 is 15.6 Å². The Kier molecular flexibility index (Phi) is 3.68. The summed E-state index contributed by atoms with van der Waals surface area (Å²) in [6.45, 7) is 0. The Labute approximate surface area is 151 Å². The fraction of sp³-hybridized carbons (Fsp3) is 0.278. The molecular weight excluding hydrogens is 360 g/mol. The Morgan fingerprint density at radius 3 is 2.44 bits per heavy atom. The highest BCUT2D eigenvalue weighted by Crippen LogP contribution is 2.47. The first-order chi connectivity index (χ1) is 11.8. The normalized spacial score (nSPS) is 18.3. The SMILES string of the molecule is CN1C(=O)Cc2cc(S(=O)(=O)NC3(c4ccc(Cl)cc4)CC3)ccc21. The molecule has 0 atom stereocenters. The lowest BCUT2D eigenvalue weighted by atomic mass is 10.1. The summed E-state index contributed by atoms with van der Waals surface area (Å²) in [5.41, 5.74) is 1.86. The third-order valence-electron chi connectivity index (χ3n) is 4.91. The van der Waals surface area contributed by atoms with Crippen LogP contribution in [0.25, 0.3) is 0 Å². The van der Waals surface area contributed by atoms with E-state index in [9.17, 15) is 13.2 Å². The molecule has 2 aromatic carbocycles. The molecule has 1 amide bonds. The fourth-order valence-electron chi connectivity index (χ4n) is 3.27. The maximum absolute atomic E-state index is 12.9. The molecule has 5 nitrogen and oxygen atoms in total. The molecule has 0 unspecified atom stereocenters. The van der Waals surface area contributed by atoms with Crippen LogP contribution in [0.4, 0.5) is 5.69 Å². The van der Waals surface area contributed by atoms with Crippen molar-refractivity contribution in [3.05, 3.63) is 58.6 Å². The average Bonchev–Trinajstić information content (AvgIpc) is 3.28. The van der Waals surface area contributed by atoms with Crippen LogP contribution >= 0.6 is 11.6 Å². The van der Waals surface area contributed by atoms with Crippen LogP contribution in [0.1, 0.15) is 24.0 Å². The molecule has 25 heavy (non-hydrogen) atoms. The predicted octanol–water partition coefficient (Wildman–Crippen LogP) is 2.83. The molecule has 2 aromatic rings. The van der Waals surface area contributed by atoms with E-state index >= 15 is 0 Å². The van der Waals surface area contributed by atoms with E-state index in [0.29, 0.717) is 5.02 Å². The minimum Gasteiger partial charge on any atom is -0.315 e. The van der Waals surface area contributed by atoms with E-state index in [0.717, 1.165) is 29.7 Å². The minimum atomic E-state index is -3.68. The van der Waals surface area contributed by atoms with E-state index in [1.807, 2.05) is 12.1 Å². The lowest BCUT2D eigenvalue weighted by Gasteiger charge is -2.19. The van der Waals surface area contributed by atoms with E-state index in [-0.39, 0.29) is 17.2 Å². The van der Waals surface area contributed by atoms with Crippen LogP contribution in [0.15, 0.2) is 47.4 Å². The van der Waals surface area contributed by atoms with Crippen LogP contribution in [-0.4, -0.2) is 21.4 Å². The summed E-state index contributed by atoms with van der Waals surface area (Å²) in [5, 5.41) is 0.620. The Morgan fingerprint density at radius 2 is 1.80 bits per heavy atom. The van der Waals surface area contributed by atoms with Crippen molar-refractivity contribution in [2.24, 2.45) is 0 Å². The lowest BCUT2D eigenvalue weighted by molar-refractivity contribution is -0.117. The van der Waals surface area contributed by atoms with E-state index in [1.54, 1.807) is 42.3 Å². The van der Waals surface area contributed by atoms with Crippen molar-refractivity contribution in [2.45, 2.75) is 29.7 Å². The Hall–Kier alpha value is -1.89. The molecule has 2 aliphatic rings. The molecule has 1 aliphatic carbocycles. The smallest absolute Gasteiger partial charge is 0.241 e. The van der Waals surface area contributed by atoms with Gasteiger partial charge in [-0.1, -0.05) is 23.7 Å². The summed E-state index contributed by atoms with van der Waals surface area (Å²) in [6.07, 6.45) is 1.73. The van der Waals surface area contributed by atoms with Crippen molar-refractivity contribution in [1.29, 1.82) is 0 Å². The van der Waals surface area contributed by atoms with Gasteiger partial charge in [-0.3, -0.25) is 4.79 Å². The second kappa shape index (κ2) is 5.56. The number of rotatable bonds is 4. The van der Waals surface area contributed by atoms with Crippen molar-refractivity contribution in [3.63, 3.8) is 0 Å². The van der Waals surface area contributed by atoms with E-state index in [1.165, 1.54) is 0 Å². The first-order valence-corrected chi connectivity index (χ1v) is 9.86. The van der Waals surface area contributed by atoms with Gasteiger partial charge in [0.1, 0.15) is 0 Å². The fourth-order valence-corrected chi connectivity index (χ4v) is 4.90. The molecule has 1 saturated carbocycles. The van der Waals surface area contributed by atoms with Gasteiger partial charge in [0.05, 0.1) is 16.9 Å². The van der Waals surface area contributed by atoms with Gasteiger partial charge in [0, 0.05) is 17.8 Å². The highest BCUT2D eigenvalue weighted by Gasteiger charge is 2.47. The van der Waals surface area contributed by atoms with Crippen molar-refractivity contribution in [1.82, 2.24) is 4.72 Å². The number of carbonyl (C=O) groups excluding carboxylic acids is 1. The van der Waals surface area contributed by atoms with Gasteiger partial charge in [0.25, 0.3) is 0 Å². The molecule has 0 spiro atoms. The second-order valence-electron chi connectivity index (χ2n) is 6.61. The second-order valence-corrected chi connectivity index (χ2v) is 8.73. The van der Waals surface area contributed by atoms with Gasteiger partial charge < -0.3 is 4.90 Å². The summed E-state index contributed by atoms with van der Waals surface area (Å²) in [4.78, 5) is 13.5. The zero-order chi connectivity index (χ0) is 17.8. The number of benzene rings is 2. The van der Waals surface area contributed by atoms with Crippen molar-refractivity contribution in [3.8, 4) is 0 Å². The molecule has 1 N–H and O–H groups in total. The van der Waals surface area contributed by atoms with E-state index in [4.69, 9.17) is 11.6 Å². The summed E-state index contributed by atoms with van der Waals surface area (Å²) in [6, 6.07) is 12.1. The van der Waals surface area contributed by atoms with Gasteiger partial charge in [-0.05, 0) is 54.3 Å². The topological polar surface area (TPSA) is 66.5 Å². The molecule has 1 aliphatic heterocycles. The molecular formula is C18H17ClN2O3S. The first kappa shape index (κ1) is 16.6. The number of nitrogens with one attached hydrogen (secondary N) is 1. The molecule has 0 bridgehead atoms. The van der Waals surface area contributed by atoms with Crippen molar-refractivity contribution in [2.75, 3.05) is 11.9 Å². The van der Waals surface area contributed by atoms with Gasteiger partial charge in [-0.2, -0.15) is 0 Å². The summed E-state index contributed by atoms with van der Waals surface area (Å²) in [7, 11) is -1.99. The van der Waals surface area contributed by atoms with Gasteiger partial charge in [0.15, 0.2) is 0 Å². The van der Waals surface area contributed by atoms with Crippen LogP contribution < -0.4 is 9.62 Å². The number of hydrogen-bond acceptors (Lipinski definition) is 3. The van der Waals surface area contributed by atoms with Crippen LogP contribution in [-0.2, 0) is 26.8 Å². The number of likely N-dealkylation sites (N-methyl/N-ethyl adjacent to an activating group) is 1. The molecule has 4 rings (SSSR count). The molecule has 0 aromatic heterocycles. The Balaban J connectivity index is 1.64. The Bertz CT molecular complexity index is 966. The van der Waals surface area contributed by atoms with Gasteiger partial charge >= 0.3 is 0 Å². The molecule has 7 heteroatoms. The summed E-state index contributed by atoms with van der Waals surface area (Å²) in [5.74, 6) is -0.0302. The first-order valence-electron chi connectivity index (χ1n) is 8.00.